The first-order chi connectivity index (χ1) is 8.58. The summed E-state index contributed by atoms with van der Waals surface area (Å²) in [6, 6.07) is 3.50. The summed E-state index contributed by atoms with van der Waals surface area (Å²) in [7, 11) is 0. The molecule has 0 aliphatic heterocycles. The molecule has 0 saturated carbocycles. The predicted octanol–water partition coefficient (Wildman–Crippen LogP) is 3.88. The molecule has 1 aromatic carbocycles. The highest BCUT2D eigenvalue weighted by Crippen LogP contribution is 2.21. The van der Waals surface area contributed by atoms with Crippen molar-refractivity contribution in [3.05, 3.63) is 49.5 Å². The number of rotatable bonds is 4. The van der Waals surface area contributed by atoms with Gasteiger partial charge in [-0.3, -0.25) is 0 Å². The summed E-state index contributed by atoms with van der Waals surface area (Å²) in [5.41, 5.74) is 0.0729. The zero-order valence-electron chi connectivity index (χ0n) is 9.58. The van der Waals surface area contributed by atoms with Gasteiger partial charge in [-0.1, -0.05) is 6.07 Å². The SMILES string of the molecule is CC(NCc1ncc(I)s1)c1c(F)cccc1F. The number of halogens is 3. The first-order valence-corrected chi connectivity index (χ1v) is 7.25. The second-order valence-electron chi connectivity index (χ2n) is 3.80. The highest BCUT2D eigenvalue weighted by atomic mass is 127. The highest BCUT2D eigenvalue weighted by molar-refractivity contribution is 14.1. The van der Waals surface area contributed by atoms with E-state index in [4.69, 9.17) is 0 Å². The zero-order chi connectivity index (χ0) is 13.1. The Labute approximate surface area is 122 Å². The molecule has 0 bridgehead atoms. The number of nitrogens with zero attached hydrogens (tertiary/aromatic N) is 1. The molecule has 18 heavy (non-hydrogen) atoms. The minimum absolute atomic E-state index is 0.0729. The van der Waals surface area contributed by atoms with Gasteiger partial charge in [0.15, 0.2) is 0 Å². The summed E-state index contributed by atoms with van der Waals surface area (Å²) in [6.07, 6.45) is 1.77. The van der Waals surface area contributed by atoms with Crippen LogP contribution in [-0.2, 0) is 6.54 Å². The molecule has 0 fully saturated rings. The maximum absolute atomic E-state index is 13.5. The van der Waals surface area contributed by atoms with Crippen LogP contribution >= 0.6 is 33.9 Å². The smallest absolute Gasteiger partial charge is 0.130 e. The fourth-order valence-corrected chi connectivity index (χ4v) is 3.13. The molecule has 1 N–H and O–H groups in total. The number of aromatic nitrogens is 1. The molecule has 0 saturated heterocycles. The van der Waals surface area contributed by atoms with Crippen molar-refractivity contribution in [2.24, 2.45) is 0 Å². The average molecular weight is 380 g/mol. The van der Waals surface area contributed by atoms with Gasteiger partial charge in [-0.25, -0.2) is 13.8 Å². The fraction of sp³-hybridized carbons (Fsp3) is 0.250. The van der Waals surface area contributed by atoms with Crippen LogP contribution in [0.15, 0.2) is 24.4 Å². The number of hydrogen-bond donors (Lipinski definition) is 1. The summed E-state index contributed by atoms with van der Waals surface area (Å²) in [6.45, 7) is 2.24. The summed E-state index contributed by atoms with van der Waals surface area (Å²) in [4.78, 5) is 4.19. The first-order valence-electron chi connectivity index (χ1n) is 5.35. The lowest BCUT2D eigenvalue weighted by Gasteiger charge is -2.14. The van der Waals surface area contributed by atoms with Gasteiger partial charge < -0.3 is 5.32 Å². The van der Waals surface area contributed by atoms with Crippen LogP contribution in [-0.4, -0.2) is 4.98 Å². The number of benzene rings is 1. The zero-order valence-corrected chi connectivity index (χ0v) is 12.6. The van der Waals surface area contributed by atoms with Gasteiger partial charge in [0.2, 0.25) is 0 Å². The minimum atomic E-state index is -0.524. The molecular weight excluding hydrogens is 369 g/mol. The van der Waals surface area contributed by atoms with Crippen molar-refractivity contribution in [1.29, 1.82) is 0 Å². The monoisotopic (exact) mass is 380 g/mol. The Balaban J connectivity index is 2.06. The van der Waals surface area contributed by atoms with Crippen molar-refractivity contribution in [2.75, 3.05) is 0 Å². The fourth-order valence-electron chi connectivity index (χ4n) is 1.64. The second kappa shape index (κ2) is 6.03. The Morgan fingerprint density at radius 1 is 1.39 bits per heavy atom. The molecule has 6 heteroatoms. The Bertz CT molecular complexity index is 524. The third-order valence-electron chi connectivity index (χ3n) is 2.52. The van der Waals surface area contributed by atoms with Crippen LogP contribution in [0, 0.1) is 14.5 Å². The molecule has 1 heterocycles. The second-order valence-corrected chi connectivity index (χ2v) is 6.81. The van der Waals surface area contributed by atoms with E-state index in [1.807, 2.05) is 0 Å². The average Bonchev–Trinajstić information content (AvgIpc) is 2.72. The quantitative estimate of drug-likeness (QED) is 0.815. The van der Waals surface area contributed by atoms with Crippen molar-refractivity contribution in [1.82, 2.24) is 10.3 Å². The summed E-state index contributed by atoms with van der Waals surface area (Å²) >= 11 is 3.75. The van der Waals surface area contributed by atoms with Gasteiger partial charge >= 0.3 is 0 Å². The molecule has 0 aliphatic rings. The molecule has 96 valence electrons. The third-order valence-corrected chi connectivity index (χ3v) is 4.24. The lowest BCUT2D eigenvalue weighted by Crippen LogP contribution is -2.20. The van der Waals surface area contributed by atoms with Crippen molar-refractivity contribution in [2.45, 2.75) is 19.5 Å². The van der Waals surface area contributed by atoms with Gasteiger partial charge in [-0.2, -0.15) is 0 Å². The van der Waals surface area contributed by atoms with Crippen LogP contribution in [0.3, 0.4) is 0 Å². The minimum Gasteiger partial charge on any atom is -0.304 e. The molecule has 0 radical (unpaired) electrons. The van der Waals surface area contributed by atoms with Gasteiger partial charge in [-0.15, -0.1) is 11.3 Å². The van der Waals surface area contributed by atoms with Crippen molar-refractivity contribution >= 4 is 33.9 Å². The molecule has 2 nitrogen and oxygen atoms in total. The van der Waals surface area contributed by atoms with E-state index in [0.717, 1.165) is 7.89 Å². The van der Waals surface area contributed by atoms with Crippen LogP contribution in [0.4, 0.5) is 8.78 Å². The van der Waals surface area contributed by atoms with Crippen LogP contribution < -0.4 is 5.32 Å². The molecule has 0 amide bonds. The van der Waals surface area contributed by atoms with Crippen LogP contribution in [0.5, 0.6) is 0 Å². The number of nitrogens with one attached hydrogen (secondary N) is 1. The molecule has 2 aromatic rings. The molecule has 1 aromatic heterocycles. The molecule has 1 unspecified atom stereocenters. The van der Waals surface area contributed by atoms with Crippen LogP contribution in [0.2, 0.25) is 0 Å². The largest absolute Gasteiger partial charge is 0.304 e. The van der Waals surface area contributed by atoms with Crippen LogP contribution in [0.1, 0.15) is 23.5 Å². The molecular formula is C12H11F2IN2S. The lowest BCUT2D eigenvalue weighted by molar-refractivity contribution is 0.487. The number of thiazole rings is 1. The van der Waals surface area contributed by atoms with E-state index in [0.29, 0.717) is 6.54 Å². The predicted molar refractivity (Wildman–Crippen MR) is 76.4 cm³/mol. The van der Waals surface area contributed by atoms with E-state index >= 15 is 0 Å². The van der Waals surface area contributed by atoms with Gasteiger partial charge in [0.25, 0.3) is 0 Å². The Hall–Kier alpha value is -0.600. The topological polar surface area (TPSA) is 24.9 Å². The summed E-state index contributed by atoms with van der Waals surface area (Å²) < 4.78 is 28.2. The molecule has 1 atom stereocenters. The lowest BCUT2D eigenvalue weighted by atomic mass is 10.1. The molecule has 0 spiro atoms. The van der Waals surface area contributed by atoms with Gasteiger partial charge in [-0.05, 0) is 41.6 Å². The van der Waals surface area contributed by atoms with Crippen molar-refractivity contribution < 1.29 is 8.78 Å². The summed E-state index contributed by atoms with van der Waals surface area (Å²) in [5.74, 6) is -1.05. The van der Waals surface area contributed by atoms with Gasteiger partial charge in [0.05, 0.1) is 9.08 Å². The van der Waals surface area contributed by atoms with E-state index in [2.05, 4.69) is 32.9 Å². The van der Waals surface area contributed by atoms with E-state index < -0.39 is 17.7 Å². The number of hydrogen-bond acceptors (Lipinski definition) is 3. The van der Waals surface area contributed by atoms with Crippen molar-refractivity contribution in [3.8, 4) is 0 Å². The Kier molecular flexibility index (Phi) is 4.63. The van der Waals surface area contributed by atoms with Gasteiger partial charge in [0.1, 0.15) is 16.6 Å². The standard InChI is InChI=1S/C12H11F2IN2S/c1-7(12-8(13)3-2-4-9(12)14)16-6-11-17-5-10(15)18-11/h2-5,7,16H,6H2,1H3. The van der Waals surface area contributed by atoms with E-state index in [1.54, 1.807) is 24.5 Å². The van der Waals surface area contributed by atoms with E-state index in [9.17, 15) is 8.78 Å². The summed E-state index contributed by atoms with van der Waals surface area (Å²) in [5, 5.41) is 3.98. The third kappa shape index (κ3) is 3.24. The van der Waals surface area contributed by atoms with Crippen LogP contribution in [0.25, 0.3) is 0 Å². The van der Waals surface area contributed by atoms with E-state index in [-0.39, 0.29) is 5.56 Å². The molecule has 2 rings (SSSR count). The van der Waals surface area contributed by atoms with Gasteiger partial charge in [0, 0.05) is 18.2 Å². The Morgan fingerprint density at radius 3 is 2.61 bits per heavy atom. The maximum Gasteiger partial charge on any atom is 0.130 e. The first kappa shape index (κ1) is 13.8. The Morgan fingerprint density at radius 2 is 2.06 bits per heavy atom. The van der Waals surface area contributed by atoms with E-state index in [1.165, 1.54) is 18.2 Å². The highest BCUT2D eigenvalue weighted by Gasteiger charge is 2.15. The molecule has 0 aliphatic carbocycles. The van der Waals surface area contributed by atoms with Crippen molar-refractivity contribution in [3.63, 3.8) is 0 Å². The normalized spacial score (nSPS) is 12.7. The maximum atomic E-state index is 13.5.